The molecule has 0 bridgehead atoms. The molecule has 0 unspecified atom stereocenters. The minimum absolute atomic E-state index is 0. The fourth-order valence-electron chi connectivity index (χ4n) is 1.14. The summed E-state index contributed by atoms with van der Waals surface area (Å²) in [6.45, 7) is 2.04. The van der Waals surface area contributed by atoms with Crippen molar-refractivity contribution in [2.75, 3.05) is 0 Å². The summed E-state index contributed by atoms with van der Waals surface area (Å²) in [5.41, 5.74) is 7.43. The van der Waals surface area contributed by atoms with E-state index in [4.69, 9.17) is 5.73 Å². The minimum atomic E-state index is -0.239. The normalized spacial score (nSPS) is 9.00. The smallest absolute Gasteiger partial charge is 0.217 e. The third kappa shape index (κ3) is 4.53. The highest BCUT2D eigenvalue weighted by Crippen LogP contribution is 2.05. The van der Waals surface area contributed by atoms with Crippen LogP contribution in [0.1, 0.15) is 17.5 Å². The maximum absolute atomic E-state index is 10.5. The molecule has 1 amide bonds. The summed E-state index contributed by atoms with van der Waals surface area (Å²) in [6, 6.07) is 8.11. The third-order valence-electron chi connectivity index (χ3n) is 1.74. The van der Waals surface area contributed by atoms with E-state index >= 15 is 0 Å². The Hall–Kier alpha value is -1.02. The number of aryl methyl sites for hydroxylation is 2. The molecule has 3 heteroatoms. The molecule has 0 aliphatic heterocycles. The van der Waals surface area contributed by atoms with Crippen molar-refractivity contribution in [1.82, 2.24) is 0 Å². The number of carbonyl (C=O) groups is 1. The molecular formula is C10H14ClNO. The van der Waals surface area contributed by atoms with Gasteiger partial charge in [-0.2, -0.15) is 0 Å². The Balaban J connectivity index is 0.00000144. The van der Waals surface area contributed by atoms with Crippen molar-refractivity contribution in [3.05, 3.63) is 35.4 Å². The summed E-state index contributed by atoms with van der Waals surface area (Å²) < 4.78 is 0. The molecule has 2 N–H and O–H groups in total. The lowest BCUT2D eigenvalue weighted by atomic mass is 10.1. The molecule has 0 saturated heterocycles. The Kier molecular flexibility index (Phi) is 5.16. The van der Waals surface area contributed by atoms with Gasteiger partial charge < -0.3 is 5.73 Å². The Morgan fingerprint density at radius 2 is 2.15 bits per heavy atom. The van der Waals surface area contributed by atoms with Crippen LogP contribution < -0.4 is 5.73 Å². The van der Waals surface area contributed by atoms with Gasteiger partial charge >= 0.3 is 0 Å². The van der Waals surface area contributed by atoms with Crippen molar-refractivity contribution in [3.8, 4) is 0 Å². The number of rotatable bonds is 3. The number of nitrogens with two attached hydrogens (primary N) is 1. The van der Waals surface area contributed by atoms with Crippen molar-refractivity contribution in [3.63, 3.8) is 0 Å². The van der Waals surface area contributed by atoms with Gasteiger partial charge in [-0.15, -0.1) is 12.4 Å². The molecule has 1 rings (SSSR count). The van der Waals surface area contributed by atoms with Crippen LogP contribution in [0.5, 0.6) is 0 Å². The van der Waals surface area contributed by atoms with Crippen LogP contribution >= 0.6 is 12.4 Å². The molecule has 0 aromatic heterocycles. The van der Waals surface area contributed by atoms with Crippen LogP contribution in [-0.4, -0.2) is 5.91 Å². The lowest BCUT2D eigenvalue weighted by molar-refractivity contribution is -0.117. The maximum Gasteiger partial charge on any atom is 0.217 e. The first-order valence-electron chi connectivity index (χ1n) is 4.02. The van der Waals surface area contributed by atoms with E-state index in [9.17, 15) is 4.79 Å². The molecule has 0 heterocycles. The lowest BCUT2D eigenvalue weighted by Crippen LogP contribution is -2.11. The first-order valence-corrected chi connectivity index (χ1v) is 4.02. The number of benzene rings is 1. The number of carbonyl (C=O) groups excluding carboxylic acids is 1. The van der Waals surface area contributed by atoms with E-state index in [-0.39, 0.29) is 18.3 Å². The standard InChI is InChI=1S/C10H13NO.ClH/c1-8-3-2-4-9(7-8)5-6-10(11)12;/h2-4,7H,5-6H2,1H3,(H2,11,12);1H. The van der Waals surface area contributed by atoms with E-state index in [1.807, 2.05) is 25.1 Å². The largest absolute Gasteiger partial charge is 0.370 e. The molecule has 0 aliphatic carbocycles. The zero-order valence-electron chi connectivity index (χ0n) is 7.62. The number of primary amides is 1. The highest BCUT2D eigenvalue weighted by atomic mass is 35.5. The molecule has 1 aromatic carbocycles. The average molecular weight is 200 g/mol. The second kappa shape index (κ2) is 5.60. The molecule has 2 nitrogen and oxygen atoms in total. The zero-order chi connectivity index (χ0) is 8.97. The second-order valence-corrected chi connectivity index (χ2v) is 2.96. The van der Waals surface area contributed by atoms with Gasteiger partial charge in [0.25, 0.3) is 0 Å². The topological polar surface area (TPSA) is 43.1 Å². The van der Waals surface area contributed by atoms with Crippen LogP contribution in [0.15, 0.2) is 24.3 Å². The zero-order valence-corrected chi connectivity index (χ0v) is 8.43. The van der Waals surface area contributed by atoms with Crippen LogP contribution in [0.2, 0.25) is 0 Å². The second-order valence-electron chi connectivity index (χ2n) is 2.96. The van der Waals surface area contributed by atoms with Crippen molar-refractivity contribution in [2.45, 2.75) is 19.8 Å². The first-order chi connectivity index (χ1) is 5.68. The summed E-state index contributed by atoms with van der Waals surface area (Å²) in [6.07, 6.45) is 1.18. The van der Waals surface area contributed by atoms with Crippen LogP contribution in [0.25, 0.3) is 0 Å². The molecule has 0 saturated carbocycles. The fourth-order valence-corrected chi connectivity index (χ4v) is 1.14. The van der Waals surface area contributed by atoms with Gasteiger partial charge in [-0.3, -0.25) is 4.79 Å². The Labute approximate surface area is 84.5 Å². The van der Waals surface area contributed by atoms with Crippen LogP contribution in [0.3, 0.4) is 0 Å². The van der Waals surface area contributed by atoms with Gasteiger partial charge in [-0.1, -0.05) is 29.8 Å². The number of halogens is 1. The molecule has 0 aliphatic rings. The summed E-state index contributed by atoms with van der Waals surface area (Å²) in [5, 5.41) is 0. The Morgan fingerprint density at radius 3 is 2.69 bits per heavy atom. The molecule has 0 spiro atoms. The molecular weight excluding hydrogens is 186 g/mol. The van der Waals surface area contributed by atoms with E-state index in [2.05, 4.69) is 6.07 Å². The van der Waals surface area contributed by atoms with Crippen LogP contribution in [0, 0.1) is 6.92 Å². The quantitative estimate of drug-likeness (QED) is 0.793. The van der Waals surface area contributed by atoms with Crippen molar-refractivity contribution in [1.29, 1.82) is 0 Å². The number of hydrogen-bond donors (Lipinski definition) is 1. The maximum atomic E-state index is 10.5. The summed E-state index contributed by atoms with van der Waals surface area (Å²) in [5.74, 6) is -0.239. The minimum Gasteiger partial charge on any atom is -0.370 e. The molecule has 0 radical (unpaired) electrons. The lowest BCUT2D eigenvalue weighted by Gasteiger charge is -1.99. The highest BCUT2D eigenvalue weighted by Gasteiger charge is 1.96. The van der Waals surface area contributed by atoms with E-state index < -0.39 is 0 Å². The van der Waals surface area contributed by atoms with Gasteiger partial charge in [-0.25, -0.2) is 0 Å². The van der Waals surface area contributed by atoms with Gasteiger partial charge in [0, 0.05) is 6.42 Å². The molecule has 1 aromatic rings. The van der Waals surface area contributed by atoms with Crippen molar-refractivity contribution >= 4 is 18.3 Å². The average Bonchev–Trinajstić information content (AvgIpc) is 2.01. The van der Waals surface area contributed by atoms with Crippen molar-refractivity contribution in [2.24, 2.45) is 5.73 Å². The predicted molar refractivity (Wildman–Crippen MR) is 55.9 cm³/mol. The van der Waals surface area contributed by atoms with Gasteiger partial charge in [0.15, 0.2) is 0 Å². The van der Waals surface area contributed by atoms with Crippen LogP contribution in [0.4, 0.5) is 0 Å². The van der Waals surface area contributed by atoms with Gasteiger partial charge in [0.05, 0.1) is 0 Å². The Bertz CT molecular complexity index is 286. The molecule has 0 fully saturated rings. The molecule has 13 heavy (non-hydrogen) atoms. The van der Waals surface area contributed by atoms with Gasteiger partial charge in [-0.05, 0) is 18.9 Å². The predicted octanol–water partition coefficient (Wildman–Crippen LogP) is 1.83. The van der Waals surface area contributed by atoms with E-state index in [1.54, 1.807) is 0 Å². The van der Waals surface area contributed by atoms with Crippen LogP contribution in [-0.2, 0) is 11.2 Å². The van der Waals surface area contributed by atoms with E-state index in [0.29, 0.717) is 6.42 Å². The third-order valence-corrected chi connectivity index (χ3v) is 1.74. The number of amides is 1. The fraction of sp³-hybridized carbons (Fsp3) is 0.300. The molecule has 72 valence electrons. The first kappa shape index (κ1) is 12.0. The monoisotopic (exact) mass is 199 g/mol. The van der Waals surface area contributed by atoms with Crippen molar-refractivity contribution < 1.29 is 4.79 Å². The van der Waals surface area contributed by atoms with E-state index in [1.165, 1.54) is 11.1 Å². The SMILES string of the molecule is Cc1cccc(CCC(N)=O)c1.Cl. The summed E-state index contributed by atoms with van der Waals surface area (Å²) in [7, 11) is 0. The van der Waals surface area contributed by atoms with E-state index in [0.717, 1.165) is 6.42 Å². The highest BCUT2D eigenvalue weighted by molar-refractivity contribution is 5.85. The van der Waals surface area contributed by atoms with Gasteiger partial charge in [0.2, 0.25) is 5.91 Å². The summed E-state index contributed by atoms with van der Waals surface area (Å²) in [4.78, 5) is 10.5. The Morgan fingerprint density at radius 1 is 1.46 bits per heavy atom. The summed E-state index contributed by atoms with van der Waals surface area (Å²) >= 11 is 0. The molecule has 0 atom stereocenters. The number of hydrogen-bond acceptors (Lipinski definition) is 1. The van der Waals surface area contributed by atoms with Gasteiger partial charge in [0.1, 0.15) is 0 Å².